The molecule has 4 heteroatoms. The van der Waals surface area contributed by atoms with Gasteiger partial charge in [-0.1, -0.05) is 97.1 Å². The average Bonchev–Trinajstić information content (AvgIpc) is 3.48. The van der Waals surface area contributed by atoms with Gasteiger partial charge in [-0.05, 0) is 93.7 Å². The summed E-state index contributed by atoms with van der Waals surface area (Å²) < 4.78 is 3.71. The van der Waals surface area contributed by atoms with E-state index in [4.69, 9.17) is 0 Å². The summed E-state index contributed by atoms with van der Waals surface area (Å²) in [6, 6.07) is 53.9. The predicted molar refractivity (Wildman–Crippen MR) is 199 cm³/mol. The van der Waals surface area contributed by atoms with Crippen LogP contribution in [0, 0.1) is 0 Å². The van der Waals surface area contributed by atoms with Crippen LogP contribution in [-0.4, -0.2) is 8.97 Å². The zero-order valence-corrected chi connectivity index (χ0v) is 25.7. The van der Waals surface area contributed by atoms with Crippen LogP contribution in [0.4, 0.5) is 0 Å². The first-order valence-electron chi connectivity index (χ1n) is 16.1. The lowest BCUT2D eigenvalue weighted by Crippen LogP contribution is -2.27. The maximum Gasteiger partial charge on any atom is 0.266 e. The minimum absolute atomic E-state index is 0.282. The monoisotopic (exact) mass is 614 g/mol. The molecule has 0 radical (unpaired) electrons. The normalized spacial score (nSPS) is 11.9. The van der Waals surface area contributed by atoms with Crippen LogP contribution in [-0.2, 0) is 0 Å². The zero-order valence-electron chi connectivity index (χ0n) is 25.7. The molecule has 0 fully saturated rings. The van der Waals surface area contributed by atoms with Crippen molar-refractivity contribution in [2.75, 3.05) is 0 Å². The molecular weight excluding hydrogens is 588 g/mol. The van der Waals surface area contributed by atoms with Crippen molar-refractivity contribution in [2.24, 2.45) is 0 Å². The zero-order chi connectivity index (χ0) is 31.9. The average molecular weight is 615 g/mol. The van der Waals surface area contributed by atoms with E-state index in [1.165, 1.54) is 20.9 Å². The molecule has 224 valence electrons. The summed E-state index contributed by atoms with van der Waals surface area (Å²) >= 11 is 0. The molecule has 0 N–H and O–H groups in total. The number of pyridine rings is 2. The highest BCUT2D eigenvalue weighted by Gasteiger charge is 2.19. The van der Waals surface area contributed by atoms with Crippen LogP contribution in [0.5, 0.6) is 0 Å². The van der Waals surface area contributed by atoms with Gasteiger partial charge in [-0.25, -0.2) is 4.40 Å². The Morgan fingerprint density at radius 1 is 0.333 bits per heavy atom. The molecule has 0 aliphatic rings. The lowest BCUT2D eigenvalue weighted by Gasteiger charge is -2.15. The number of para-hydroxylation sites is 1. The van der Waals surface area contributed by atoms with Gasteiger partial charge in [0.25, 0.3) is 11.1 Å². The van der Waals surface area contributed by atoms with Crippen molar-refractivity contribution in [3.8, 4) is 27.9 Å². The topological polar surface area (TPSA) is 43.5 Å². The van der Waals surface area contributed by atoms with E-state index < -0.39 is 0 Å². The van der Waals surface area contributed by atoms with Gasteiger partial charge in [-0.2, -0.15) is 0 Å². The van der Waals surface area contributed by atoms with Gasteiger partial charge in [-0.3, -0.25) is 9.59 Å². The minimum atomic E-state index is -0.282. The molecule has 3 aromatic heterocycles. The van der Waals surface area contributed by atoms with Gasteiger partial charge in [0.05, 0.1) is 16.6 Å². The lowest BCUT2D eigenvalue weighted by molar-refractivity contribution is 1.09. The third-order valence-corrected chi connectivity index (χ3v) is 9.85. The highest BCUT2D eigenvalue weighted by Crippen LogP contribution is 2.39. The first-order chi connectivity index (χ1) is 23.7. The van der Waals surface area contributed by atoms with Crippen molar-refractivity contribution in [1.82, 2.24) is 8.97 Å². The van der Waals surface area contributed by atoms with Gasteiger partial charge in [-0.15, -0.1) is 0 Å². The molecule has 0 aliphatic carbocycles. The van der Waals surface area contributed by atoms with Crippen molar-refractivity contribution >= 4 is 59.6 Å². The molecule has 0 atom stereocenters. The van der Waals surface area contributed by atoms with E-state index in [0.29, 0.717) is 16.3 Å². The third-order valence-electron chi connectivity index (χ3n) is 9.85. The van der Waals surface area contributed by atoms with Crippen LogP contribution >= 0.6 is 0 Å². The van der Waals surface area contributed by atoms with E-state index in [0.717, 1.165) is 54.8 Å². The van der Waals surface area contributed by atoms with Gasteiger partial charge >= 0.3 is 0 Å². The molecule has 10 aromatic rings. The molecule has 0 bridgehead atoms. The molecule has 0 saturated carbocycles. The third kappa shape index (κ3) is 3.71. The number of aromatic nitrogens is 2. The Kier molecular flexibility index (Phi) is 5.55. The van der Waals surface area contributed by atoms with Crippen molar-refractivity contribution < 1.29 is 0 Å². The number of fused-ring (bicyclic) bond motifs is 7. The first kappa shape index (κ1) is 26.7. The van der Waals surface area contributed by atoms with Gasteiger partial charge < -0.3 is 4.57 Å². The maximum atomic E-state index is 13.8. The SMILES string of the molecule is O=c1c2ccccc2c2cc(-c3ccc4c(c3)c3cc(-c5ccccc5)ccc3n4-c3ccccc3)cc3c4ccccc4c(=O)n1c23. The summed E-state index contributed by atoms with van der Waals surface area (Å²) in [4.78, 5) is 27.6. The van der Waals surface area contributed by atoms with Gasteiger partial charge in [0.1, 0.15) is 0 Å². The number of hydrogen-bond acceptors (Lipinski definition) is 2. The molecule has 10 rings (SSSR count). The Labute approximate surface area is 274 Å². The molecule has 0 spiro atoms. The smallest absolute Gasteiger partial charge is 0.266 e. The molecule has 0 aliphatic heterocycles. The lowest BCUT2D eigenvalue weighted by atomic mass is 9.94. The largest absolute Gasteiger partial charge is 0.309 e. The predicted octanol–water partition coefficient (Wildman–Crippen LogP) is 9.99. The second-order valence-electron chi connectivity index (χ2n) is 12.5. The highest BCUT2D eigenvalue weighted by molar-refractivity contribution is 6.20. The summed E-state index contributed by atoms with van der Waals surface area (Å²) in [7, 11) is 0. The maximum absolute atomic E-state index is 13.8. The van der Waals surface area contributed by atoms with E-state index in [1.807, 2.05) is 60.7 Å². The van der Waals surface area contributed by atoms with Crippen LogP contribution < -0.4 is 11.1 Å². The molecular formula is C44H26N2O2. The van der Waals surface area contributed by atoms with E-state index >= 15 is 0 Å². The molecule has 48 heavy (non-hydrogen) atoms. The van der Waals surface area contributed by atoms with Gasteiger partial charge in [0.2, 0.25) is 0 Å². The van der Waals surface area contributed by atoms with E-state index in [-0.39, 0.29) is 11.1 Å². The van der Waals surface area contributed by atoms with Gasteiger partial charge in [0, 0.05) is 38.0 Å². The Hall–Kier alpha value is -6.52. The molecule has 3 heterocycles. The molecule has 0 unspecified atom stereocenters. The van der Waals surface area contributed by atoms with Crippen LogP contribution in [0.15, 0.2) is 167 Å². The minimum Gasteiger partial charge on any atom is -0.309 e. The summed E-state index contributed by atoms with van der Waals surface area (Å²) in [5.74, 6) is 0. The van der Waals surface area contributed by atoms with E-state index in [2.05, 4.69) is 102 Å². The second kappa shape index (κ2) is 9.99. The first-order valence-corrected chi connectivity index (χ1v) is 16.1. The van der Waals surface area contributed by atoms with Gasteiger partial charge in [0.15, 0.2) is 0 Å². The fourth-order valence-corrected chi connectivity index (χ4v) is 7.67. The standard InChI is InChI=1S/C44H26N2O2/c47-43-34-17-9-7-15-32(34)38-25-30(26-39-33-16-8-10-18-35(33)44(48)46(43)42(38)39)29-20-22-41-37(24-29)36-23-28(27-11-3-1-4-12-27)19-21-40(36)45(41)31-13-5-2-6-14-31/h1-26H. The fourth-order valence-electron chi connectivity index (χ4n) is 7.67. The number of benzene rings is 7. The quantitative estimate of drug-likeness (QED) is 0.147. The van der Waals surface area contributed by atoms with Crippen molar-refractivity contribution in [3.05, 3.63) is 178 Å². The molecule has 0 amide bonds. The Bertz CT molecular complexity index is 2930. The molecule has 4 nitrogen and oxygen atoms in total. The molecule has 7 aromatic carbocycles. The van der Waals surface area contributed by atoms with Crippen LogP contribution in [0.1, 0.15) is 0 Å². The summed E-state index contributed by atoms with van der Waals surface area (Å²) in [6.45, 7) is 0. The van der Waals surface area contributed by atoms with E-state index in [1.54, 1.807) is 0 Å². The summed E-state index contributed by atoms with van der Waals surface area (Å²) in [5.41, 5.74) is 7.92. The second-order valence-corrected chi connectivity index (χ2v) is 12.5. The highest BCUT2D eigenvalue weighted by atomic mass is 16.2. The van der Waals surface area contributed by atoms with Crippen molar-refractivity contribution in [3.63, 3.8) is 0 Å². The Morgan fingerprint density at radius 2 is 0.771 bits per heavy atom. The Morgan fingerprint density at radius 3 is 1.31 bits per heavy atom. The van der Waals surface area contributed by atoms with E-state index in [9.17, 15) is 9.59 Å². The van der Waals surface area contributed by atoms with Crippen molar-refractivity contribution in [2.45, 2.75) is 0 Å². The van der Waals surface area contributed by atoms with Crippen LogP contribution in [0.3, 0.4) is 0 Å². The molecule has 0 saturated heterocycles. The summed E-state index contributed by atoms with van der Waals surface area (Å²) in [5, 5.41) is 6.87. The van der Waals surface area contributed by atoms with Crippen LogP contribution in [0.2, 0.25) is 0 Å². The number of nitrogens with zero attached hydrogens (tertiary/aromatic N) is 2. The Balaban J connectivity index is 1.32. The summed E-state index contributed by atoms with van der Waals surface area (Å²) in [6.07, 6.45) is 0. The fraction of sp³-hybridized carbons (Fsp3) is 0. The number of rotatable bonds is 3. The number of hydrogen-bond donors (Lipinski definition) is 0. The van der Waals surface area contributed by atoms with Crippen LogP contribution in [0.25, 0.3) is 87.6 Å². The van der Waals surface area contributed by atoms with Crippen molar-refractivity contribution in [1.29, 1.82) is 0 Å².